The van der Waals surface area contributed by atoms with E-state index in [0.717, 1.165) is 21.1 Å². The van der Waals surface area contributed by atoms with Crippen LogP contribution in [-0.2, 0) is 6.54 Å². The first-order valence-corrected chi connectivity index (χ1v) is 9.00. The summed E-state index contributed by atoms with van der Waals surface area (Å²) >= 11 is 1.60. The average molecular weight is 347 g/mol. The van der Waals surface area contributed by atoms with Crippen molar-refractivity contribution >= 4 is 17.4 Å². The maximum atomic E-state index is 12.1. The van der Waals surface area contributed by atoms with Crippen LogP contribution in [0.15, 0.2) is 30.3 Å². The SMILES string of the molecule is Cc1nc(-c2ccccc2)sc1CNC(=O)NC(CCO)C(C)C. The topological polar surface area (TPSA) is 74.2 Å². The second kappa shape index (κ2) is 8.80. The fourth-order valence-electron chi connectivity index (χ4n) is 2.39. The molecule has 6 heteroatoms. The number of amides is 2. The number of hydrogen-bond acceptors (Lipinski definition) is 4. The molecule has 2 rings (SSSR count). The molecule has 130 valence electrons. The third-order valence-electron chi connectivity index (χ3n) is 3.88. The zero-order chi connectivity index (χ0) is 17.5. The Morgan fingerprint density at radius 1 is 1.29 bits per heavy atom. The van der Waals surface area contributed by atoms with Gasteiger partial charge in [-0.1, -0.05) is 44.2 Å². The van der Waals surface area contributed by atoms with Crippen molar-refractivity contribution in [2.45, 2.75) is 39.8 Å². The zero-order valence-electron chi connectivity index (χ0n) is 14.4. The first-order valence-electron chi connectivity index (χ1n) is 8.18. The molecule has 1 atom stereocenters. The predicted molar refractivity (Wildman–Crippen MR) is 98.0 cm³/mol. The maximum Gasteiger partial charge on any atom is 0.315 e. The van der Waals surface area contributed by atoms with E-state index < -0.39 is 0 Å². The maximum absolute atomic E-state index is 12.1. The third kappa shape index (κ3) is 5.04. The van der Waals surface area contributed by atoms with E-state index in [-0.39, 0.29) is 24.6 Å². The molecule has 1 aromatic heterocycles. The van der Waals surface area contributed by atoms with Gasteiger partial charge >= 0.3 is 6.03 Å². The molecule has 0 aliphatic heterocycles. The lowest BCUT2D eigenvalue weighted by Gasteiger charge is -2.21. The van der Waals surface area contributed by atoms with Crippen LogP contribution in [0.4, 0.5) is 4.79 Å². The molecule has 0 aliphatic rings. The molecule has 1 aromatic carbocycles. The zero-order valence-corrected chi connectivity index (χ0v) is 15.2. The summed E-state index contributed by atoms with van der Waals surface area (Å²) in [6, 6.07) is 9.78. The summed E-state index contributed by atoms with van der Waals surface area (Å²) in [4.78, 5) is 17.7. The quantitative estimate of drug-likeness (QED) is 0.719. The van der Waals surface area contributed by atoms with Gasteiger partial charge in [0.25, 0.3) is 0 Å². The third-order valence-corrected chi connectivity index (χ3v) is 5.09. The highest BCUT2D eigenvalue weighted by molar-refractivity contribution is 7.15. The van der Waals surface area contributed by atoms with E-state index in [1.807, 2.05) is 51.1 Å². The molecule has 0 bridgehead atoms. The van der Waals surface area contributed by atoms with Gasteiger partial charge in [-0.25, -0.2) is 9.78 Å². The summed E-state index contributed by atoms with van der Waals surface area (Å²) in [5.41, 5.74) is 2.03. The Kier molecular flexibility index (Phi) is 6.75. The van der Waals surface area contributed by atoms with Gasteiger partial charge in [0.15, 0.2) is 0 Å². The molecule has 0 fully saturated rings. The molecule has 0 aliphatic carbocycles. The number of carbonyl (C=O) groups excluding carboxylic acids is 1. The highest BCUT2D eigenvalue weighted by Gasteiger charge is 2.16. The van der Waals surface area contributed by atoms with E-state index >= 15 is 0 Å². The van der Waals surface area contributed by atoms with Crippen LogP contribution in [0, 0.1) is 12.8 Å². The number of aromatic nitrogens is 1. The number of aliphatic hydroxyl groups excluding tert-OH is 1. The van der Waals surface area contributed by atoms with Crippen molar-refractivity contribution in [2.24, 2.45) is 5.92 Å². The predicted octanol–water partition coefficient (Wildman–Crippen LogP) is 3.32. The lowest BCUT2D eigenvalue weighted by atomic mass is 10.0. The molecule has 1 heterocycles. The van der Waals surface area contributed by atoms with E-state index in [2.05, 4.69) is 15.6 Å². The number of thiazole rings is 1. The molecule has 5 nitrogen and oxygen atoms in total. The average Bonchev–Trinajstić information content (AvgIpc) is 2.94. The van der Waals surface area contributed by atoms with Crippen molar-refractivity contribution in [1.29, 1.82) is 0 Å². The van der Waals surface area contributed by atoms with Crippen LogP contribution < -0.4 is 10.6 Å². The van der Waals surface area contributed by atoms with Crippen molar-refractivity contribution in [1.82, 2.24) is 15.6 Å². The largest absolute Gasteiger partial charge is 0.396 e. The summed E-state index contributed by atoms with van der Waals surface area (Å²) in [6.07, 6.45) is 0.558. The summed E-state index contributed by atoms with van der Waals surface area (Å²) < 4.78 is 0. The van der Waals surface area contributed by atoms with Gasteiger partial charge < -0.3 is 15.7 Å². The first-order chi connectivity index (χ1) is 11.5. The smallest absolute Gasteiger partial charge is 0.315 e. The van der Waals surface area contributed by atoms with Crippen molar-refractivity contribution in [2.75, 3.05) is 6.61 Å². The minimum atomic E-state index is -0.212. The summed E-state index contributed by atoms with van der Waals surface area (Å²) in [5.74, 6) is 0.276. The number of benzene rings is 1. The highest BCUT2D eigenvalue weighted by atomic mass is 32.1. The highest BCUT2D eigenvalue weighted by Crippen LogP contribution is 2.27. The van der Waals surface area contributed by atoms with Crippen molar-refractivity contribution in [3.8, 4) is 10.6 Å². The van der Waals surface area contributed by atoms with Crippen LogP contribution in [-0.4, -0.2) is 28.8 Å². The molecule has 0 saturated heterocycles. The molecule has 2 aromatic rings. The molecule has 0 saturated carbocycles. The van der Waals surface area contributed by atoms with E-state index in [1.165, 1.54) is 0 Å². The van der Waals surface area contributed by atoms with Gasteiger partial charge in [0.1, 0.15) is 5.01 Å². The lowest BCUT2D eigenvalue weighted by molar-refractivity contribution is 0.218. The first kappa shape index (κ1) is 18.4. The van der Waals surface area contributed by atoms with Crippen LogP contribution in [0.3, 0.4) is 0 Å². The van der Waals surface area contributed by atoms with Gasteiger partial charge in [0, 0.05) is 23.1 Å². The van der Waals surface area contributed by atoms with Crippen LogP contribution in [0.25, 0.3) is 10.6 Å². The van der Waals surface area contributed by atoms with Gasteiger partial charge in [-0.2, -0.15) is 0 Å². The molecular weight excluding hydrogens is 322 g/mol. The summed E-state index contributed by atoms with van der Waals surface area (Å²) in [7, 11) is 0. The van der Waals surface area contributed by atoms with E-state index in [1.54, 1.807) is 11.3 Å². The van der Waals surface area contributed by atoms with Crippen LogP contribution >= 0.6 is 11.3 Å². The Labute approximate surface area is 147 Å². The molecular formula is C18H25N3O2S. The van der Waals surface area contributed by atoms with E-state index in [0.29, 0.717) is 13.0 Å². The minimum absolute atomic E-state index is 0.0302. The Hall–Kier alpha value is -1.92. The van der Waals surface area contributed by atoms with Gasteiger partial charge in [-0.15, -0.1) is 11.3 Å². The molecule has 2 amide bonds. The summed E-state index contributed by atoms with van der Waals surface area (Å²) in [5, 5.41) is 15.8. The fraction of sp³-hybridized carbons (Fsp3) is 0.444. The molecule has 0 spiro atoms. The summed E-state index contributed by atoms with van der Waals surface area (Å²) in [6.45, 7) is 6.53. The molecule has 3 N–H and O–H groups in total. The fourth-order valence-corrected chi connectivity index (χ4v) is 3.40. The second-order valence-corrected chi connectivity index (χ2v) is 7.17. The number of nitrogens with zero attached hydrogens (tertiary/aromatic N) is 1. The van der Waals surface area contributed by atoms with Crippen molar-refractivity contribution in [3.05, 3.63) is 40.9 Å². The Morgan fingerprint density at radius 2 is 2.00 bits per heavy atom. The number of rotatable bonds is 7. The lowest BCUT2D eigenvalue weighted by Crippen LogP contribution is -2.44. The monoisotopic (exact) mass is 347 g/mol. The number of hydrogen-bond donors (Lipinski definition) is 3. The van der Waals surface area contributed by atoms with Crippen LogP contribution in [0.5, 0.6) is 0 Å². The Bertz CT molecular complexity index is 656. The number of aliphatic hydroxyl groups is 1. The van der Waals surface area contributed by atoms with Gasteiger partial charge in [0.2, 0.25) is 0 Å². The number of nitrogens with one attached hydrogen (secondary N) is 2. The molecule has 24 heavy (non-hydrogen) atoms. The second-order valence-electron chi connectivity index (χ2n) is 6.08. The Morgan fingerprint density at radius 3 is 2.62 bits per heavy atom. The van der Waals surface area contributed by atoms with Gasteiger partial charge in [-0.3, -0.25) is 0 Å². The van der Waals surface area contributed by atoms with Crippen molar-refractivity contribution < 1.29 is 9.90 Å². The van der Waals surface area contributed by atoms with Crippen LogP contribution in [0.1, 0.15) is 30.8 Å². The van der Waals surface area contributed by atoms with Crippen molar-refractivity contribution in [3.63, 3.8) is 0 Å². The minimum Gasteiger partial charge on any atom is -0.396 e. The van der Waals surface area contributed by atoms with Gasteiger partial charge in [-0.05, 0) is 19.3 Å². The number of aryl methyl sites for hydroxylation is 1. The van der Waals surface area contributed by atoms with E-state index in [9.17, 15) is 4.79 Å². The van der Waals surface area contributed by atoms with Gasteiger partial charge in [0.05, 0.1) is 12.2 Å². The Balaban J connectivity index is 1.94. The number of urea groups is 1. The molecule has 0 radical (unpaired) electrons. The standard InChI is InChI=1S/C18H25N3O2S/c1-12(2)15(9-10-22)21-18(23)19-11-16-13(3)20-17(24-16)14-7-5-4-6-8-14/h4-8,12,15,22H,9-11H2,1-3H3,(H2,19,21,23). The normalized spacial score (nSPS) is 12.2. The van der Waals surface area contributed by atoms with E-state index in [4.69, 9.17) is 5.11 Å². The van der Waals surface area contributed by atoms with Crippen LogP contribution in [0.2, 0.25) is 0 Å². The molecule has 1 unspecified atom stereocenters. The number of carbonyl (C=O) groups is 1.